The van der Waals surface area contributed by atoms with Crippen molar-refractivity contribution in [2.24, 2.45) is 5.92 Å². The number of benzene rings is 1. The van der Waals surface area contributed by atoms with Crippen LogP contribution >= 0.6 is 0 Å². The second kappa shape index (κ2) is 6.42. The summed E-state index contributed by atoms with van der Waals surface area (Å²) >= 11 is 0. The van der Waals surface area contributed by atoms with Crippen LogP contribution in [0.1, 0.15) is 51.1 Å². The van der Waals surface area contributed by atoms with Crippen LogP contribution in [0.5, 0.6) is 0 Å². The van der Waals surface area contributed by atoms with Crippen LogP contribution in [-0.4, -0.2) is 20.1 Å². The van der Waals surface area contributed by atoms with Crippen molar-refractivity contribution in [1.29, 1.82) is 0 Å². The van der Waals surface area contributed by atoms with Crippen LogP contribution < -0.4 is 10.2 Å². The molecule has 1 aromatic rings. The molecule has 2 heteroatoms. The first-order valence-electron chi connectivity index (χ1n) is 7.63. The topological polar surface area (TPSA) is 15.3 Å². The fourth-order valence-electron chi connectivity index (χ4n) is 3.23. The smallest absolute Gasteiger partial charge is 0.0366 e. The number of hydrogen-bond donors (Lipinski definition) is 1. The van der Waals surface area contributed by atoms with Crippen molar-refractivity contribution >= 4 is 5.69 Å². The van der Waals surface area contributed by atoms with E-state index in [1.807, 2.05) is 7.05 Å². The monoisotopic (exact) mass is 260 g/mol. The molecule has 3 atom stereocenters. The van der Waals surface area contributed by atoms with E-state index in [2.05, 4.69) is 55.4 Å². The lowest BCUT2D eigenvalue weighted by atomic mass is 9.85. The van der Waals surface area contributed by atoms with Gasteiger partial charge in [-0.3, -0.25) is 0 Å². The summed E-state index contributed by atoms with van der Waals surface area (Å²) < 4.78 is 0. The average molecular weight is 260 g/mol. The van der Waals surface area contributed by atoms with E-state index in [1.54, 1.807) is 0 Å². The Morgan fingerprint density at radius 3 is 2.37 bits per heavy atom. The van der Waals surface area contributed by atoms with Crippen LogP contribution in [0.25, 0.3) is 0 Å². The molecule has 1 aliphatic carbocycles. The van der Waals surface area contributed by atoms with Gasteiger partial charge in [-0.25, -0.2) is 0 Å². The van der Waals surface area contributed by atoms with Gasteiger partial charge in [-0.05, 0) is 50.4 Å². The van der Waals surface area contributed by atoms with Gasteiger partial charge < -0.3 is 10.2 Å². The molecule has 106 valence electrons. The summed E-state index contributed by atoms with van der Waals surface area (Å²) in [5, 5.41) is 3.29. The predicted octanol–water partition coefficient (Wildman–Crippen LogP) is 3.98. The molecule has 1 aliphatic rings. The van der Waals surface area contributed by atoms with Crippen LogP contribution in [0.2, 0.25) is 0 Å². The zero-order valence-corrected chi connectivity index (χ0v) is 12.8. The maximum atomic E-state index is 3.29. The SMILES string of the molecule is CNC(C)c1ccc(N(C)C2CCCCC2C)cc1. The minimum atomic E-state index is 0.424. The van der Waals surface area contributed by atoms with Crippen LogP contribution in [0.3, 0.4) is 0 Å². The van der Waals surface area contributed by atoms with Gasteiger partial charge in [-0.1, -0.05) is 31.9 Å². The molecule has 0 heterocycles. The van der Waals surface area contributed by atoms with Crippen LogP contribution in [0.15, 0.2) is 24.3 Å². The molecule has 0 aliphatic heterocycles. The minimum Gasteiger partial charge on any atom is -0.371 e. The summed E-state index contributed by atoms with van der Waals surface area (Å²) in [7, 11) is 4.26. The summed E-state index contributed by atoms with van der Waals surface area (Å²) in [4.78, 5) is 2.48. The van der Waals surface area contributed by atoms with E-state index in [4.69, 9.17) is 0 Å². The Morgan fingerprint density at radius 2 is 1.79 bits per heavy atom. The maximum absolute atomic E-state index is 3.29. The first-order valence-corrected chi connectivity index (χ1v) is 7.63. The largest absolute Gasteiger partial charge is 0.371 e. The average Bonchev–Trinajstić information content (AvgIpc) is 2.46. The molecule has 0 radical (unpaired) electrons. The third kappa shape index (κ3) is 3.30. The molecule has 0 aromatic heterocycles. The standard InChI is InChI=1S/C17H28N2/c1-13-7-5-6-8-17(13)19(4)16-11-9-15(10-12-16)14(2)18-3/h9-14,17-18H,5-8H2,1-4H3. The fourth-order valence-corrected chi connectivity index (χ4v) is 3.23. The molecule has 0 saturated heterocycles. The van der Waals surface area contributed by atoms with Crippen LogP contribution in [0.4, 0.5) is 5.69 Å². The second-order valence-electron chi connectivity index (χ2n) is 6.04. The van der Waals surface area contributed by atoms with E-state index >= 15 is 0 Å². The van der Waals surface area contributed by atoms with E-state index < -0.39 is 0 Å². The Morgan fingerprint density at radius 1 is 1.16 bits per heavy atom. The number of hydrogen-bond acceptors (Lipinski definition) is 2. The van der Waals surface area contributed by atoms with Gasteiger partial charge in [-0.15, -0.1) is 0 Å². The normalized spacial score (nSPS) is 25.1. The van der Waals surface area contributed by atoms with E-state index in [0.717, 1.165) is 5.92 Å². The van der Waals surface area contributed by atoms with Crippen LogP contribution in [-0.2, 0) is 0 Å². The summed E-state index contributed by atoms with van der Waals surface area (Å²) in [5.41, 5.74) is 2.71. The molecular weight excluding hydrogens is 232 g/mol. The Bertz CT molecular complexity index is 385. The van der Waals surface area contributed by atoms with Gasteiger partial charge in [0.2, 0.25) is 0 Å². The molecule has 1 saturated carbocycles. The highest BCUT2D eigenvalue weighted by molar-refractivity contribution is 5.48. The van der Waals surface area contributed by atoms with Crippen LogP contribution in [0, 0.1) is 5.92 Å². The van der Waals surface area contributed by atoms with Crippen molar-refractivity contribution in [3.05, 3.63) is 29.8 Å². The third-order valence-electron chi connectivity index (χ3n) is 4.80. The van der Waals surface area contributed by atoms with E-state index in [-0.39, 0.29) is 0 Å². The molecule has 0 amide bonds. The van der Waals surface area contributed by atoms with Gasteiger partial charge in [0.05, 0.1) is 0 Å². The summed E-state index contributed by atoms with van der Waals surface area (Å²) in [5.74, 6) is 0.814. The number of anilines is 1. The van der Waals surface area contributed by atoms with E-state index in [1.165, 1.54) is 36.9 Å². The molecular formula is C17H28N2. The fraction of sp³-hybridized carbons (Fsp3) is 0.647. The Labute approximate surface area is 118 Å². The highest BCUT2D eigenvalue weighted by Crippen LogP contribution is 2.30. The van der Waals surface area contributed by atoms with Crippen molar-refractivity contribution in [3.63, 3.8) is 0 Å². The van der Waals surface area contributed by atoms with Crippen molar-refractivity contribution in [2.75, 3.05) is 19.0 Å². The summed E-state index contributed by atoms with van der Waals surface area (Å²) in [6, 6.07) is 10.2. The molecule has 2 nitrogen and oxygen atoms in total. The highest BCUT2D eigenvalue weighted by atomic mass is 15.1. The Hall–Kier alpha value is -1.02. The minimum absolute atomic E-state index is 0.424. The van der Waals surface area contributed by atoms with Crippen molar-refractivity contribution in [3.8, 4) is 0 Å². The second-order valence-corrected chi connectivity index (χ2v) is 6.04. The Balaban J connectivity index is 2.08. The first kappa shape index (κ1) is 14.4. The highest BCUT2D eigenvalue weighted by Gasteiger charge is 2.25. The van der Waals surface area contributed by atoms with Gasteiger partial charge in [0.25, 0.3) is 0 Å². The molecule has 2 rings (SSSR count). The lowest BCUT2D eigenvalue weighted by molar-refractivity contribution is 0.321. The quantitative estimate of drug-likeness (QED) is 0.881. The van der Waals surface area contributed by atoms with E-state index in [0.29, 0.717) is 12.1 Å². The molecule has 0 spiro atoms. The maximum Gasteiger partial charge on any atom is 0.0366 e. The van der Waals surface area contributed by atoms with Gasteiger partial charge >= 0.3 is 0 Å². The lowest BCUT2D eigenvalue weighted by Crippen LogP contribution is -2.38. The number of nitrogens with one attached hydrogen (secondary N) is 1. The molecule has 1 N–H and O–H groups in total. The molecule has 0 bridgehead atoms. The predicted molar refractivity (Wildman–Crippen MR) is 83.7 cm³/mol. The zero-order chi connectivity index (χ0) is 13.8. The van der Waals surface area contributed by atoms with Crippen molar-refractivity contribution < 1.29 is 0 Å². The summed E-state index contributed by atoms with van der Waals surface area (Å²) in [6.45, 7) is 4.60. The van der Waals surface area contributed by atoms with E-state index in [9.17, 15) is 0 Å². The van der Waals surface area contributed by atoms with Gasteiger partial charge in [0.15, 0.2) is 0 Å². The zero-order valence-electron chi connectivity index (χ0n) is 12.8. The third-order valence-corrected chi connectivity index (χ3v) is 4.80. The molecule has 19 heavy (non-hydrogen) atoms. The van der Waals surface area contributed by atoms with Crippen molar-refractivity contribution in [2.45, 2.75) is 51.6 Å². The van der Waals surface area contributed by atoms with Gasteiger partial charge in [0, 0.05) is 24.8 Å². The summed E-state index contributed by atoms with van der Waals surface area (Å²) in [6.07, 6.45) is 5.51. The van der Waals surface area contributed by atoms with Crippen molar-refractivity contribution in [1.82, 2.24) is 5.32 Å². The molecule has 3 unspecified atom stereocenters. The molecule has 1 aromatic carbocycles. The Kier molecular flexibility index (Phi) is 4.87. The number of rotatable bonds is 4. The van der Waals surface area contributed by atoms with Gasteiger partial charge in [0.1, 0.15) is 0 Å². The lowest BCUT2D eigenvalue weighted by Gasteiger charge is -2.37. The molecule has 1 fully saturated rings. The first-order chi connectivity index (χ1) is 9.13. The number of nitrogens with zero attached hydrogens (tertiary/aromatic N) is 1. The van der Waals surface area contributed by atoms with Gasteiger partial charge in [-0.2, -0.15) is 0 Å².